The number of rotatable bonds is 7. The second-order valence-electron chi connectivity index (χ2n) is 7.33. The first-order valence-corrected chi connectivity index (χ1v) is 9.60. The van der Waals surface area contributed by atoms with Crippen molar-refractivity contribution in [1.82, 2.24) is 10.2 Å². The maximum absolute atomic E-state index is 12.4. The van der Waals surface area contributed by atoms with Gasteiger partial charge in [0.2, 0.25) is 5.91 Å². The lowest BCUT2D eigenvalue weighted by Gasteiger charge is -2.29. The zero-order valence-corrected chi connectivity index (χ0v) is 18.4. The third-order valence-electron chi connectivity index (χ3n) is 5.82. The molecule has 1 aliphatic carbocycles. The van der Waals surface area contributed by atoms with Gasteiger partial charge in [-0.25, -0.2) is 0 Å². The predicted molar refractivity (Wildman–Crippen MR) is 116 cm³/mol. The molecule has 0 saturated heterocycles. The van der Waals surface area contributed by atoms with Gasteiger partial charge in [0.15, 0.2) is 11.5 Å². The first kappa shape index (κ1) is 24.8. The van der Waals surface area contributed by atoms with Crippen molar-refractivity contribution >= 4 is 30.7 Å². The van der Waals surface area contributed by atoms with Gasteiger partial charge in [-0.2, -0.15) is 0 Å². The van der Waals surface area contributed by atoms with Crippen LogP contribution in [0.1, 0.15) is 30.4 Å². The Morgan fingerprint density at radius 3 is 2.50 bits per heavy atom. The molecule has 0 spiro atoms. The molecule has 2 aliphatic rings. The van der Waals surface area contributed by atoms with Crippen molar-refractivity contribution in [1.29, 1.82) is 0 Å². The Morgan fingerprint density at radius 1 is 1.18 bits per heavy atom. The summed E-state index contributed by atoms with van der Waals surface area (Å²) in [5.74, 6) is 2.22. The minimum Gasteiger partial charge on any atom is -0.493 e. The fourth-order valence-electron chi connectivity index (χ4n) is 4.26. The monoisotopic (exact) mass is 433 g/mol. The van der Waals surface area contributed by atoms with E-state index in [0.717, 1.165) is 56.8 Å². The Hall–Kier alpha value is -1.21. The Morgan fingerprint density at radius 2 is 1.86 bits per heavy atom. The zero-order valence-electron chi connectivity index (χ0n) is 16.7. The van der Waals surface area contributed by atoms with Gasteiger partial charge in [-0.3, -0.25) is 9.69 Å². The molecule has 1 heterocycles. The van der Waals surface area contributed by atoms with Gasteiger partial charge in [0.05, 0.1) is 14.2 Å². The third kappa shape index (κ3) is 5.66. The smallest absolute Gasteiger partial charge is 0.223 e. The quantitative estimate of drug-likeness (QED) is 0.689. The zero-order chi connectivity index (χ0) is 18.5. The van der Waals surface area contributed by atoms with Gasteiger partial charge in [-0.15, -0.1) is 24.8 Å². The van der Waals surface area contributed by atoms with Crippen LogP contribution in [0.15, 0.2) is 12.1 Å². The van der Waals surface area contributed by atoms with Crippen LogP contribution < -0.4 is 20.5 Å². The number of carbonyl (C=O) groups is 1. The molecule has 1 aliphatic heterocycles. The molecule has 0 unspecified atom stereocenters. The van der Waals surface area contributed by atoms with E-state index in [1.807, 2.05) is 0 Å². The minimum atomic E-state index is 0. The second kappa shape index (κ2) is 11.7. The number of nitrogens with one attached hydrogen (secondary N) is 1. The van der Waals surface area contributed by atoms with Crippen LogP contribution in [-0.4, -0.2) is 51.2 Å². The summed E-state index contributed by atoms with van der Waals surface area (Å²) in [6.07, 6.45) is 4.17. The van der Waals surface area contributed by atoms with E-state index < -0.39 is 0 Å². The molecule has 1 saturated carbocycles. The standard InChI is InChI=1S/C20H31N3O3.2ClH/c1-25-18-10-14-6-8-23(13-16(14)11-19(18)26-2)9-7-22-20(24)17-5-3-4-15(17)12-21;;/h10-11,15,17H,3-9,12-13,21H2,1-2H3,(H,22,24);2*1H/t15-,17-;;/m1../s1. The van der Waals surface area contributed by atoms with E-state index in [2.05, 4.69) is 22.3 Å². The summed E-state index contributed by atoms with van der Waals surface area (Å²) in [6, 6.07) is 4.16. The third-order valence-corrected chi connectivity index (χ3v) is 5.82. The van der Waals surface area contributed by atoms with E-state index in [-0.39, 0.29) is 36.6 Å². The second-order valence-corrected chi connectivity index (χ2v) is 7.33. The number of benzene rings is 1. The highest BCUT2D eigenvalue weighted by atomic mass is 35.5. The first-order valence-electron chi connectivity index (χ1n) is 9.60. The Bertz CT molecular complexity index is 645. The molecule has 0 aromatic heterocycles. The molecule has 160 valence electrons. The summed E-state index contributed by atoms with van der Waals surface area (Å²) in [7, 11) is 3.33. The van der Waals surface area contributed by atoms with Gasteiger partial charge in [0.25, 0.3) is 0 Å². The van der Waals surface area contributed by atoms with Gasteiger partial charge in [-0.1, -0.05) is 6.42 Å². The number of ether oxygens (including phenoxy) is 2. The van der Waals surface area contributed by atoms with Crippen molar-refractivity contribution in [2.45, 2.75) is 32.2 Å². The fraction of sp³-hybridized carbons (Fsp3) is 0.650. The lowest BCUT2D eigenvalue weighted by molar-refractivity contribution is -0.126. The lowest BCUT2D eigenvalue weighted by Crippen LogP contribution is -2.41. The Labute approximate surface area is 180 Å². The normalized spacial score (nSPS) is 21.1. The van der Waals surface area contributed by atoms with Crippen LogP contribution >= 0.6 is 24.8 Å². The number of nitrogens with zero attached hydrogens (tertiary/aromatic N) is 1. The predicted octanol–water partition coefficient (Wildman–Crippen LogP) is 2.40. The van der Waals surface area contributed by atoms with E-state index in [9.17, 15) is 4.79 Å². The summed E-state index contributed by atoms with van der Waals surface area (Å²) in [4.78, 5) is 14.8. The number of carbonyl (C=O) groups excluding carboxylic acids is 1. The van der Waals surface area contributed by atoms with Crippen LogP contribution in [0, 0.1) is 11.8 Å². The largest absolute Gasteiger partial charge is 0.493 e. The van der Waals surface area contributed by atoms with Crippen LogP contribution in [0.5, 0.6) is 11.5 Å². The number of hydrogen-bond donors (Lipinski definition) is 2. The van der Waals surface area contributed by atoms with Crippen molar-refractivity contribution in [2.24, 2.45) is 17.6 Å². The van der Waals surface area contributed by atoms with Crippen LogP contribution in [0.4, 0.5) is 0 Å². The number of nitrogens with two attached hydrogens (primary N) is 1. The molecule has 2 atom stereocenters. The Kier molecular flexibility index (Phi) is 10.4. The van der Waals surface area contributed by atoms with Gasteiger partial charge in [0, 0.05) is 32.1 Å². The molecule has 1 aromatic rings. The van der Waals surface area contributed by atoms with Gasteiger partial charge in [-0.05, 0) is 55.0 Å². The molecule has 1 aromatic carbocycles. The van der Waals surface area contributed by atoms with Crippen molar-refractivity contribution in [2.75, 3.05) is 40.4 Å². The van der Waals surface area contributed by atoms with Crippen LogP contribution in [-0.2, 0) is 17.8 Å². The van der Waals surface area contributed by atoms with Crippen molar-refractivity contribution in [3.8, 4) is 11.5 Å². The maximum atomic E-state index is 12.4. The number of hydrogen-bond acceptors (Lipinski definition) is 5. The highest BCUT2D eigenvalue weighted by molar-refractivity contribution is 5.85. The van der Waals surface area contributed by atoms with E-state index in [1.54, 1.807) is 14.2 Å². The van der Waals surface area contributed by atoms with E-state index >= 15 is 0 Å². The van der Waals surface area contributed by atoms with Gasteiger partial charge in [0.1, 0.15) is 0 Å². The molecule has 0 bridgehead atoms. The maximum Gasteiger partial charge on any atom is 0.223 e. The molecule has 0 radical (unpaired) electrons. The average Bonchev–Trinajstić information content (AvgIpc) is 3.15. The van der Waals surface area contributed by atoms with Crippen LogP contribution in [0.25, 0.3) is 0 Å². The topological polar surface area (TPSA) is 76.8 Å². The number of methoxy groups -OCH3 is 2. The first-order chi connectivity index (χ1) is 12.7. The highest BCUT2D eigenvalue weighted by Crippen LogP contribution is 2.33. The molecular formula is C20H33Cl2N3O3. The van der Waals surface area contributed by atoms with E-state index in [4.69, 9.17) is 15.2 Å². The SMILES string of the molecule is COc1cc2c(cc1OC)CN(CCNC(=O)[C@@H]1CCC[C@@H]1CN)CC2.Cl.Cl. The van der Waals surface area contributed by atoms with Gasteiger partial charge >= 0.3 is 0 Å². The molecule has 1 amide bonds. The van der Waals surface area contributed by atoms with Crippen molar-refractivity contribution in [3.63, 3.8) is 0 Å². The number of fused-ring (bicyclic) bond motifs is 1. The number of halogens is 2. The molecule has 28 heavy (non-hydrogen) atoms. The van der Waals surface area contributed by atoms with Crippen LogP contribution in [0.2, 0.25) is 0 Å². The summed E-state index contributed by atoms with van der Waals surface area (Å²) < 4.78 is 10.8. The van der Waals surface area contributed by atoms with Crippen molar-refractivity contribution < 1.29 is 14.3 Å². The van der Waals surface area contributed by atoms with Crippen LogP contribution in [0.3, 0.4) is 0 Å². The average molecular weight is 434 g/mol. The fourth-order valence-corrected chi connectivity index (χ4v) is 4.26. The van der Waals surface area contributed by atoms with E-state index in [0.29, 0.717) is 19.0 Å². The summed E-state index contributed by atoms with van der Waals surface area (Å²) >= 11 is 0. The van der Waals surface area contributed by atoms with E-state index in [1.165, 1.54) is 11.1 Å². The molecular weight excluding hydrogens is 401 g/mol. The molecule has 1 fully saturated rings. The van der Waals surface area contributed by atoms with Gasteiger partial charge < -0.3 is 20.5 Å². The summed E-state index contributed by atoms with van der Waals surface area (Å²) in [5, 5.41) is 3.12. The Balaban J connectivity index is 0.00000196. The van der Waals surface area contributed by atoms with Crippen molar-refractivity contribution in [3.05, 3.63) is 23.3 Å². The highest BCUT2D eigenvalue weighted by Gasteiger charge is 2.31. The summed E-state index contributed by atoms with van der Waals surface area (Å²) in [6.45, 7) is 4.04. The molecule has 3 rings (SSSR count). The summed E-state index contributed by atoms with van der Waals surface area (Å²) in [5.41, 5.74) is 8.39. The molecule has 3 N–H and O–H groups in total. The lowest BCUT2D eigenvalue weighted by atomic mass is 9.95. The number of amides is 1. The molecule has 8 heteroatoms. The minimum absolute atomic E-state index is 0. The molecule has 6 nitrogen and oxygen atoms in total.